The predicted octanol–water partition coefficient (Wildman–Crippen LogP) is -3.08. The van der Waals surface area contributed by atoms with Crippen molar-refractivity contribution in [2.24, 2.45) is 52.0 Å². The number of carbonyl (C=O) groups excluding carboxylic acids is 16. The van der Waals surface area contributed by atoms with Crippen molar-refractivity contribution in [3.8, 4) is 0 Å². The standard InChI is InChI=1S/C95H144N28O16.3CO.Tc/c1-7-59(4)80(93(139)116-71(41-28-47-108-95(103)104)87(133)119-73(84(130)109-54-78(100)125)50-62-29-11-8-12-30-62)122-88(134)69(39-18-23-43-97)113-82(128)61(6)111-79(126)55-110-81(127)60(5)112-85(131)68(38-17-22-42-96)114-89(135)72(49-58(2)3)118-86(132)70(40-27-46-107-94(101)102)115-90(136)75(52-64-33-15-10-16-34-64)120-92(138)76(53-77(99)124)121-91(137)74(51-63-31-13-9-14-32-63)117-83(129)67(98)37-21-26-48-123(56-65-35-19-24-44-105-65)57-66-36-20-25-45-106-66;3*1-2;/h8-16,19-20,24-25,29-36,44-45,58-61,67-76,80H,7,17-18,21-23,26-28,37-43,46-57,96-98H2,1-6H3,(H2,99,124)(H2,100,125)(H,109,130)(H,110,127)(H,111,126)(H,112,131)(H,113,128)(H,114,135)(H,115,136)(H,116,139)(H,117,129)(H,118,132)(H,119,133)(H,120,138)(H,121,137)(H,122,134)(H4,101,102,107)(H4,103,104,108);;;;/t59-,60-,61-,67?,68-,69-,70-,71-,72-,73-,74-,75-,76-,80-;;;;/m0..../s1/i;;;;1+1. The van der Waals surface area contributed by atoms with Gasteiger partial charge in [0.15, 0.2) is 11.9 Å². The molecule has 2 aromatic heterocycles. The number of rotatable bonds is 66. The molecule has 0 aliphatic heterocycles. The molecule has 0 saturated carbocycles. The van der Waals surface area contributed by atoms with Gasteiger partial charge in [-0.25, -0.2) is 0 Å². The SMILES string of the molecule is CC[C@H](C)[C@H](NC(=O)[C@H](CCCCN)NC(=O)[C@H](C)NC(=O)CNC(=O)[C@H](C)NC(=O)[C@H](CCCCN)NC(=O)[C@H](CC(C)C)NC(=O)[C@H](CCCNC(=N)N)NC(=O)[C@H](Cc1ccccc1)NC(=O)[C@H](CC(N)=O)NC(=O)[C@H](Cc1ccccc1)NC(=O)C(N)CCCCN(Cc1ccccn1)Cc1ccccn1)C(=O)N[C@@H](CCCNC(=N)N)C(=O)N[C@@H](Cc1ccccc1)C(=O)NCC(N)=O.[99Tc].[C-]#[O+].[C-]#[O+].[C-]#[O+]. The van der Waals surface area contributed by atoms with E-state index in [2.05, 4.69) is 120 Å². The van der Waals surface area contributed by atoms with Crippen LogP contribution in [0.5, 0.6) is 0 Å². The first-order valence-electron chi connectivity index (χ1n) is 47.7. The van der Waals surface area contributed by atoms with Crippen LogP contribution in [-0.2, 0) is 143 Å². The van der Waals surface area contributed by atoms with E-state index in [0.717, 1.165) is 11.4 Å². The Bertz CT molecular complexity index is 4890. The van der Waals surface area contributed by atoms with Gasteiger partial charge in [-0.1, -0.05) is 144 Å². The van der Waals surface area contributed by atoms with Crippen molar-refractivity contribution in [2.45, 2.75) is 255 Å². The summed E-state index contributed by atoms with van der Waals surface area (Å²) in [6.07, 6.45) is 5.31. The molecular formula is C98H144N28O19Tc. The number of primary amides is 2. The average molecular weight is 2120 g/mol. The third kappa shape index (κ3) is 53.4. The van der Waals surface area contributed by atoms with Gasteiger partial charge in [0.25, 0.3) is 0 Å². The van der Waals surface area contributed by atoms with Gasteiger partial charge in [-0.05, 0) is 170 Å². The fourth-order valence-corrected chi connectivity index (χ4v) is 14.7. The zero-order chi connectivity index (χ0) is 108. The number of unbranched alkanes of at least 4 members (excludes halogenated alkanes) is 3. The van der Waals surface area contributed by atoms with Crippen molar-refractivity contribution in [1.82, 2.24) is 99.9 Å². The van der Waals surface area contributed by atoms with Crippen LogP contribution >= 0.6 is 0 Å². The molecule has 797 valence electrons. The Morgan fingerprint density at radius 3 is 1.12 bits per heavy atom. The third-order valence-electron chi connectivity index (χ3n) is 22.5. The number of guanidine groups is 2. The van der Waals surface area contributed by atoms with E-state index in [1.54, 1.807) is 131 Å². The van der Waals surface area contributed by atoms with Crippen LogP contribution in [0.2, 0.25) is 0 Å². The van der Waals surface area contributed by atoms with Gasteiger partial charge in [-0.15, -0.1) is 0 Å². The summed E-state index contributed by atoms with van der Waals surface area (Å²) >= 11 is 0. The Kier molecular flexibility index (Phi) is 66.3. The van der Waals surface area contributed by atoms with E-state index in [1.165, 1.54) is 13.8 Å². The molecule has 0 saturated heterocycles. The number of hydrogen-bond donors (Lipinski definition) is 25. The third-order valence-corrected chi connectivity index (χ3v) is 22.5. The molecule has 32 N–H and O–H groups in total. The zero-order valence-corrected chi connectivity index (χ0v) is 85.1. The Labute approximate surface area is 864 Å². The topological polar surface area (TPSA) is 784 Å². The van der Waals surface area contributed by atoms with Crippen molar-refractivity contribution >= 4 is 106 Å². The van der Waals surface area contributed by atoms with Crippen LogP contribution in [0.4, 0.5) is 0 Å². The van der Waals surface area contributed by atoms with Gasteiger partial charge >= 0.3 is 33.9 Å². The second-order valence-electron chi connectivity index (χ2n) is 34.7. The molecule has 16 amide bonds. The maximum absolute atomic E-state index is 15.0. The summed E-state index contributed by atoms with van der Waals surface area (Å²) in [4.78, 5) is 236. The molecule has 0 fully saturated rings. The molecule has 0 aliphatic carbocycles. The summed E-state index contributed by atoms with van der Waals surface area (Å²) in [5, 5.41) is 57.4. The van der Waals surface area contributed by atoms with Crippen molar-refractivity contribution in [3.05, 3.63) is 188 Å². The van der Waals surface area contributed by atoms with Crippen LogP contribution in [0, 0.1) is 42.6 Å². The Morgan fingerprint density at radius 1 is 0.363 bits per heavy atom. The Balaban J connectivity index is 0.0000149. The molecule has 47 nitrogen and oxygen atoms in total. The van der Waals surface area contributed by atoms with Gasteiger partial charge in [0, 0.05) is 77.9 Å². The van der Waals surface area contributed by atoms with Crippen LogP contribution in [0.1, 0.15) is 172 Å². The summed E-state index contributed by atoms with van der Waals surface area (Å²) in [7, 11) is 0. The van der Waals surface area contributed by atoms with Gasteiger partial charge in [0.1, 0.15) is 72.5 Å². The van der Waals surface area contributed by atoms with Gasteiger partial charge in [-0.2, -0.15) is 0 Å². The number of carbonyl (C=O) groups is 16. The van der Waals surface area contributed by atoms with E-state index in [1.807, 2.05) is 36.4 Å². The fourth-order valence-electron chi connectivity index (χ4n) is 14.7. The molecule has 14 atom stereocenters. The maximum atomic E-state index is 15.0. The van der Waals surface area contributed by atoms with Crippen LogP contribution in [-0.4, -0.2) is 246 Å². The Morgan fingerprint density at radius 2 is 0.712 bits per heavy atom. The zero-order valence-electron chi connectivity index (χ0n) is 83.3. The number of benzene rings is 3. The number of hydrogen-bond acceptors (Lipinski definition) is 24. The molecule has 5 aromatic rings. The monoisotopic (exact) mass is 2120 g/mol. The first-order valence-corrected chi connectivity index (χ1v) is 47.7. The average Bonchev–Trinajstić information content (AvgIpc) is 0.846. The molecule has 1 radical (unpaired) electrons. The molecule has 0 spiro atoms. The number of nitrogens with zero attached hydrogens (tertiary/aromatic N) is 3. The number of aromatic nitrogens is 2. The molecule has 2 heterocycles. The van der Waals surface area contributed by atoms with Gasteiger partial charge in [-0.3, -0.25) is 102 Å². The van der Waals surface area contributed by atoms with E-state index in [0.29, 0.717) is 74.8 Å². The Hall–Kier alpha value is -14.3. The van der Waals surface area contributed by atoms with Crippen LogP contribution in [0.25, 0.3) is 0 Å². The summed E-state index contributed by atoms with van der Waals surface area (Å²) in [6, 6.07) is 19.0. The molecule has 146 heavy (non-hydrogen) atoms. The van der Waals surface area contributed by atoms with Gasteiger partial charge < -0.3 is 125 Å². The number of pyridine rings is 2. The van der Waals surface area contributed by atoms with Gasteiger partial charge in [0.2, 0.25) is 94.5 Å². The fraction of sp³-hybridized carbons (Fsp3) is 0.500. The van der Waals surface area contributed by atoms with E-state index in [-0.39, 0.29) is 135 Å². The van der Waals surface area contributed by atoms with Crippen molar-refractivity contribution in [3.63, 3.8) is 0 Å². The molecule has 0 bridgehead atoms. The molecule has 5 rings (SSSR count). The second kappa shape index (κ2) is 74.6. The number of nitrogens with two attached hydrogens (primary N) is 7. The summed E-state index contributed by atoms with van der Waals surface area (Å²) in [5.74, 6) is -15.6. The first kappa shape index (κ1) is 130. The van der Waals surface area contributed by atoms with Crippen LogP contribution in [0.3, 0.4) is 0 Å². The molecular weight excluding hydrogens is 1970 g/mol. The number of nitrogens with one attached hydrogen (secondary N) is 18. The molecule has 48 heteroatoms. The van der Waals surface area contributed by atoms with Gasteiger partial charge in [0.05, 0.1) is 36.9 Å². The van der Waals surface area contributed by atoms with Crippen LogP contribution in [0.15, 0.2) is 140 Å². The normalized spacial score (nSPS) is 13.5. The molecule has 1 unspecified atom stereocenters. The van der Waals surface area contributed by atoms with E-state index in [9.17, 15) is 71.9 Å². The minimum atomic E-state index is -1.76. The second-order valence-corrected chi connectivity index (χ2v) is 34.7. The van der Waals surface area contributed by atoms with Crippen molar-refractivity contribution < 1.29 is 111 Å². The minimum absolute atomic E-state index is 0. The summed E-state index contributed by atoms with van der Waals surface area (Å²) in [6.45, 7) is 24.0. The summed E-state index contributed by atoms with van der Waals surface area (Å²) < 4.78 is 22.5. The van der Waals surface area contributed by atoms with E-state index < -0.39 is 204 Å². The predicted molar refractivity (Wildman–Crippen MR) is 533 cm³/mol. The summed E-state index contributed by atoms with van der Waals surface area (Å²) in [5.41, 5.74) is 43.8. The quantitative estimate of drug-likeness (QED) is 0.00603. The molecule has 3 aromatic carbocycles. The van der Waals surface area contributed by atoms with E-state index in [4.69, 9.17) is 64.9 Å². The van der Waals surface area contributed by atoms with Crippen LogP contribution < -0.4 is 125 Å². The van der Waals surface area contributed by atoms with Crippen molar-refractivity contribution in [1.29, 1.82) is 10.8 Å². The van der Waals surface area contributed by atoms with E-state index >= 15 is 4.79 Å². The number of amides is 16. The van der Waals surface area contributed by atoms with Crippen molar-refractivity contribution in [2.75, 3.05) is 45.8 Å². The first-order chi connectivity index (χ1) is 69.4. The molecule has 0 aliphatic rings.